The Kier molecular flexibility index (Phi) is 5.30. The van der Waals surface area contributed by atoms with Crippen LogP contribution in [0.15, 0.2) is 24.3 Å². The molecule has 1 aliphatic carbocycles. The lowest BCUT2D eigenvalue weighted by Gasteiger charge is -2.35. The van der Waals surface area contributed by atoms with Crippen LogP contribution in [0.1, 0.15) is 65.0 Å². The maximum Gasteiger partial charge on any atom is 0.326 e. The van der Waals surface area contributed by atoms with Crippen LogP contribution in [0, 0.1) is 17.2 Å². The smallest absolute Gasteiger partial charge is 0.323 e. The minimum atomic E-state index is -0.724. The van der Waals surface area contributed by atoms with Crippen molar-refractivity contribution in [2.75, 3.05) is 6.67 Å². The zero-order valence-corrected chi connectivity index (χ0v) is 16.6. The zero-order chi connectivity index (χ0) is 19.8. The van der Waals surface area contributed by atoms with E-state index in [-0.39, 0.29) is 35.9 Å². The van der Waals surface area contributed by atoms with E-state index >= 15 is 0 Å². The van der Waals surface area contributed by atoms with Crippen molar-refractivity contribution in [2.24, 2.45) is 11.3 Å². The highest BCUT2D eigenvalue weighted by Gasteiger charge is 2.52. The number of amides is 3. The topological polar surface area (TPSA) is 61.4 Å². The van der Waals surface area contributed by atoms with Gasteiger partial charge in [0.25, 0.3) is 5.91 Å². The predicted octanol–water partition coefficient (Wildman–Crippen LogP) is 3.96. The molecule has 3 rings (SSSR count). The minimum absolute atomic E-state index is 0.123. The van der Waals surface area contributed by atoms with E-state index in [1.807, 2.05) is 0 Å². The van der Waals surface area contributed by atoms with Crippen molar-refractivity contribution >= 4 is 11.9 Å². The molecule has 0 bridgehead atoms. The summed E-state index contributed by atoms with van der Waals surface area (Å²) in [5.74, 6) is 0.184. The Balaban J connectivity index is 1.72. The summed E-state index contributed by atoms with van der Waals surface area (Å²) in [4.78, 5) is 26.8. The van der Waals surface area contributed by atoms with Crippen molar-refractivity contribution < 1.29 is 14.0 Å². The number of halogens is 1. The molecule has 6 heteroatoms. The highest BCUT2D eigenvalue weighted by molar-refractivity contribution is 6.07. The average molecular weight is 375 g/mol. The molecular weight excluding hydrogens is 345 g/mol. The first-order valence-electron chi connectivity index (χ1n) is 9.75. The fourth-order valence-electron chi connectivity index (χ4n) is 4.18. The normalized spacial score (nSPS) is 27.1. The van der Waals surface area contributed by atoms with Gasteiger partial charge >= 0.3 is 6.03 Å². The molecule has 1 saturated carbocycles. The third-order valence-corrected chi connectivity index (χ3v) is 5.90. The number of urea groups is 1. The molecule has 3 amide bonds. The number of benzene rings is 1. The first-order valence-corrected chi connectivity index (χ1v) is 9.75. The van der Waals surface area contributed by atoms with Gasteiger partial charge in [-0.25, -0.2) is 14.1 Å². The maximum atomic E-state index is 13.3. The van der Waals surface area contributed by atoms with Gasteiger partial charge in [0.05, 0.1) is 6.67 Å². The number of nitrogens with one attached hydrogen (secondary N) is 2. The molecule has 0 radical (unpaired) electrons. The number of nitrogens with zero attached hydrogens (tertiary/aromatic N) is 1. The molecule has 5 nitrogen and oxygen atoms in total. The Morgan fingerprint density at radius 1 is 1.22 bits per heavy atom. The second-order valence-corrected chi connectivity index (χ2v) is 9.14. The Morgan fingerprint density at radius 2 is 1.81 bits per heavy atom. The van der Waals surface area contributed by atoms with Crippen molar-refractivity contribution in [1.29, 1.82) is 0 Å². The summed E-state index contributed by atoms with van der Waals surface area (Å²) in [5, 5.41) is 6.30. The van der Waals surface area contributed by atoms with Crippen molar-refractivity contribution in [1.82, 2.24) is 15.5 Å². The lowest BCUT2D eigenvalue weighted by molar-refractivity contribution is -0.133. The molecule has 1 unspecified atom stereocenters. The second-order valence-electron chi connectivity index (χ2n) is 9.14. The van der Waals surface area contributed by atoms with Crippen LogP contribution in [0.5, 0.6) is 0 Å². The third kappa shape index (κ3) is 4.00. The van der Waals surface area contributed by atoms with Gasteiger partial charge in [-0.2, -0.15) is 0 Å². The van der Waals surface area contributed by atoms with Gasteiger partial charge in [-0.3, -0.25) is 10.1 Å². The first kappa shape index (κ1) is 19.8. The lowest BCUT2D eigenvalue weighted by atomic mass is 9.77. The van der Waals surface area contributed by atoms with E-state index in [0.29, 0.717) is 18.8 Å². The molecular formula is C21H30FN3O2. The summed E-state index contributed by atoms with van der Waals surface area (Å²) < 4.78 is 13.3. The van der Waals surface area contributed by atoms with Crippen LogP contribution in [0.25, 0.3) is 0 Å². The number of rotatable bonds is 4. The van der Waals surface area contributed by atoms with Crippen LogP contribution < -0.4 is 10.6 Å². The quantitative estimate of drug-likeness (QED) is 0.783. The van der Waals surface area contributed by atoms with Crippen LogP contribution >= 0.6 is 0 Å². The summed E-state index contributed by atoms with van der Waals surface area (Å²) in [6.45, 7) is 8.54. The highest BCUT2D eigenvalue weighted by atomic mass is 19.1. The molecule has 1 spiro atoms. The summed E-state index contributed by atoms with van der Waals surface area (Å²) >= 11 is 0. The van der Waals surface area contributed by atoms with E-state index < -0.39 is 5.54 Å². The molecule has 2 aliphatic rings. The van der Waals surface area contributed by atoms with Gasteiger partial charge in [0.15, 0.2) is 0 Å². The Bertz CT molecular complexity index is 703. The molecule has 1 atom stereocenters. The third-order valence-electron chi connectivity index (χ3n) is 5.90. The van der Waals surface area contributed by atoms with E-state index in [1.165, 1.54) is 17.0 Å². The monoisotopic (exact) mass is 375 g/mol. The van der Waals surface area contributed by atoms with Gasteiger partial charge < -0.3 is 5.32 Å². The fraction of sp³-hybridized carbons (Fsp3) is 0.619. The molecule has 1 saturated heterocycles. The molecule has 2 fully saturated rings. The molecule has 148 valence electrons. The number of hydrogen-bond donors (Lipinski definition) is 2. The van der Waals surface area contributed by atoms with Crippen molar-refractivity contribution in [2.45, 2.75) is 65.0 Å². The highest BCUT2D eigenvalue weighted by Crippen LogP contribution is 2.37. The summed E-state index contributed by atoms with van der Waals surface area (Å²) in [6.07, 6.45) is 3.31. The van der Waals surface area contributed by atoms with Gasteiger partial charge in [-0.15, -0.1) is 0 Å². The standard InChI is InChI=1S/C21H30FN3O2/c1-14-9-11-21(12-10-14)18(26)25(19(27)24-21)13-23-17(20(2,3)4)15-5-7-16(22)8-6-15/h5-8,14,17,23H,9-13H2,1-4H3,(H,24,27). The van der Waals surface area contributed by atoms with Gasteiger partial charge in [-0.05, 0) is 54.7 Å². The Morgan fingerprint density at radius 3 is 2.37 bits per heavy atom. The minimum Gasteiger partial charge on any atom is -0.323 e. The fourth-order valence-corrected chi connectivity index (χ4v) is 4.18. The SMILES string of the molecule is CC1CCC2(CC1)NC(=O)N(CNC(c1ccc(F)cc1)C(C)(C)C)C2=O. The van der Waals surface area contributed by atoms with E-state index in [1.54, 1.807) is 12.1 Å². The predicted molar refractivity (Wildman–Crippen MR) is 102 cm³/mol. The Labute approximate surface area is 160 Å². The number of imide groups is 1. The van der Waals surface area contributed by atoms with Crippen molar-refractivity contribution in [3.8, 4) is 0 Å². The first-order chi connectivity index (χ1) is 12.6. The van der Waals surface area contributed by atoms with E-state index in [9.17, 15) is 14.0 Å². The number of hydrogen-bond acceptors (Lipinski definition) is 3. The number of carbonyl (C=O) groups is 2. The largest absolute Gasteiger partial charge is 0.326 e. The van der Waals surface area contributed by atoms with Crippen LogP contribution in [-0.4, -0.2) is 29.0 Å². The van der Waals surface area contributed by atoms with Crippen molar-refractivity contribution in [3.63, 3.8) is 0 Å². The van der Waals surface area contributed by atoms with Gasteiger partial charge in [-0.1, -0.05) is 39.8 Å². The number of carbonyl (C=O) groups excluding carboxylic acids is 2. The van der Waals surface area contributed by atoms with Gasteiger partial charge in [0.2, 0.25) is 0 Å². The molecule has 1 aromatic rings. The lowest BCUT2D eigenvalue weighted by Crippen LogP contribution is -2.50. The van der Waals surface area contributed by atoms with Crippen LogP contribution in [0.4, 0.5) is 9.18 Å². The summed E-state index contributed by atoms with van der Waals surface area (Å²) in [6, 6.07) is 5.90. The van der Waals surface area contributed by atoms with E-state index in [0.717, 1.165) is 18.4 Å². The molecule has 1 aliphatic heterocycles. The second kappa shape index (κ2) is 7.23. The molecule has 2 N–H and O–H groups in total. The molecule has 27 heavy (non-hydrogen) atoms. The molecule has 1 aromatic carbocycles. The van der Waals surface area contributed by atoms with Crippen LogP contribution in [0.2, 0.25) is 0 Å². The van der Waals surface area contributed by atoms with Crippen molar-refractivity contribution in [3.05, 3.63) is 35.6 Å². The van der Waals surface area contributed by atoms with E-state index in [4.69, 9.17) is 0 Å². The molecule has 0 aromatic heterocycles. The molecule has 1 heterocycles. The summed E-state index contributed by atoms with van der Waals surface area (Å²) in [7, 11) is 0. The maximum absolute atomic E-state index is 13.3. The average Bonchev–Trinajstić information content (AvgIpc) is 2.82. The van der Waals surface area contributed by atoms with E-state index in [2.05, 4.69) is 38.3 Å². The van der Waals surface area contributed by atoms with Crippen LogP contribution in [0.3, 0.4) is 0 Å². The Hall–Kier alpha value is -1.95. The zero-order valence-electron chi connectivity index (χ0n) is 16.6. The van der Waals surface area contributed by atoms with Gasteiger partial charge in [0, 0.05) is 6.04 Å². The summed E-state index contributed by atoms with van der Waals surface area (Å²) in [5.41, 5.74) is 0.0325. The van der Waals surface area contributed by atoms with Gasteiger partial charge in [0.1, 0.15) is 11.4 Å². The van der Waals surface area contributed by atoms with Crippen LogP contribution in [-0.2, 0) is 4.79 Å².